The van der Waals surface area contributed by atoms with Gasteiger partial charge in [-0.25, -0.2) is 4.79 Å². The van der Waals surface area contributed by atoms with Gasteiger partial charge in [-0.05, 0) is 51.2 Å². The maximum absolute atomic E-state index is 11.8. The van der Waals surface area contributed by atoms with Crippen LogP contribution in [0.4, 0.5) is 0 Å². The topological polar surface area (TPSA) is 87.0 Å². The number of phenolic OH excluding ortho intramolecular Hbond substituents is 3. The van der Waals surface area contributed by atoms with Crippen molar-refractivity contribution in [3.8, 4) is 17.2 Å². The third-order valence-corrected chi connectivity index (χ3v) is 3.36. The molecule has 5 nitrogen and oxygen atoms in total. The molecule has 0 saturated carbocycles. The molecule has 0 amide bonds. The van der Waals surface area contributed by atoms with Gasteiger partial charge in [-0.1, -0.05) is 18.6 Å². The summed E-state index contributed by atoms with van der Waals surface area (Å²) < 4.78 is 5.12. The van der Waals surface area contributed by atoms with Crippen LogP contribution in [0.15, 0.2) is 23.8 Å². The van der Waals surface area contributed by atoms with E-state index in [4.69, 9.17) is 4.74 Å². The Morgan fingerprint density at radius 2 is 1.77 bits per heavy atom. The van der Waals surface area contributed by atoms with E-state index in [9.17, 15) is 20.1 Å². The van der Waals surface area contributed by atoms with Gasteiger partial charge in [0, 0.05) is 0 Å². The van der Waals surface area contributed by atoms with Crippen LogP contribution in [-0.2, 0) is 4.74 Å². The number of carbonyl (C=O) groups is 1. The minimum atomic E-state index is -0.649. The second-order valence-corrected chi connectivity index (χ2v) is 5.75. The molecule has 1 aromatic carbocycles. The second-order valence-electron chi connectivity index (χ2n) is 5.75. The van der Waals surface area contributed by atoms with Gasteiger partial charge in [-0.3, -0.25) is 0 Å². The predicted molar refractivity (Wildman–Crippen MR) is 84.2 cm³/mol. The van der Waals surface area contributed by atoms with E-state index in [0.717, 1.165) is 31.4 Å². The van der Waals surface area contributed by atoms with E-state index >= 15 is 0 Å². The number of ether oxygens (including phenoxy) is 1. The van der Waals surface area contributed by atoms with Crippen molar-refractivity contribution in [1.82, 2.24) is 0 Å². The number of hydrogen-bond donors (Lipinski definition) is 3. The van der Waals surface area contributed by atoms with Crippen molar-refractivity contribution in [2.45, 2.75) is 40.0 Å². The molecule has 1 aromatic rings. The molecule has 1 rings (SSSR count). The quantitative estimate of drug-likeness (QED) is 0.406. The summed E-state index contributed by atoms with van der Waals surface area (Å²) in [5.74, 6) is -1.96. The van der Waals surface area contributed by atoms with Crippen LogP contribution in [0.3, 0.4) is 0 Å². The molecule has 1 atom stereocenters. The van der Waals surface area contributed by atoms with Gasteiger partial charge in [0.1, 0.15) is 0 Å². The zero-order chi connectivity index (χ0) is 16.7. The van der Waals surface area contributed by atoms with Gasteiger partial charge >= 0.3 is 5.97 Å². The molecule has 0 heterocycles. The van der Waals surface area contributed by atoms with Crippen LogP contribution in [0.1, 0.15) is 50.4 Å². The van der Waals surface area contributed by atoms with Crippen LogP contribution >= 0.6 is 0 Å². The molecule has 0 bridgehead atoms. The molecule has 0 radical (unpaired) electrons. The summed E-state index contributed by atoms with van der Waals surface area (Å²) in [5, 5.41) is 28.0. The average molecular weight is 308 g/mol. The maximum Gasteiger partial charge on any atom is 0.338 e. The molecule has 5 heteroatoms. The van der Waals surface area contributed by atoms with Crippen molar-refractivity contribution in [2.24, 2.45) is 5.92 Å². The van der Waals surface area contributed by atoms with Crippen LogP contribution in [0, 0.1) is 5.92 Å². The zero-order valence-electron chi connectivity index (χ0n) is 13.3. The lowest BCUT2D eigenvalue weighted by atomic mass is 10.0. The lowest BCUT2D eigenvalue weighted by Gasteiger charge is -2.11. The summed E-state index contributed by atoms with van der Waals surface area (Å²) in [7, 11) is 0. The summed E-state index contributed by atoms with van der Waals surface area (Å²) in [5.41, 5.74) is 1.30. The predicted octanol–water partition coefficient (Wildman–Crippen LogP) is 3.73. The first-order valence-corrected chi connectivity index (χ1v) is 7.36. The number of phenols is 3. The highest BCUT2D eigenvalue weighted by Crippen LogP contribution is 2.35. The Morgan fingerprint density at radius 3 is 2.32 bits per heavy atom. The van der Waals surface area contributed by atoms with E-state index < -0.39 is 23.2 Å². The Balaban J connectivity index is 2.42. The van der Waals surface area contributed by atoms with Gasteiger partial charge in [-0.2, -0.15) is 0 Å². The minimum absolute atomic E-state index is 0.00462. The van der Waals surface area contributed by atoms with Crippen molar-refractivity contribution in [3.05, 3.63) is 29.3 Å². The summed E-state index contributed by atoms with van der Waals surface area (Å²) in [6, 6.07) is 2.13. The van der Waals surface area contributed by atoms with Crippen molar-refractivity contribution >= 4 is 5.97 Å². The van der Waals surface area contributed by atoms with Gasteiger partial charge in [0.25, 0.3) is 0 Å². The number of rotatable bonds is 7. The number of allylic oxidation sites excluding steroid dienone is 2. The van der Waals surface area contributed by atoms with Gasteiger partial charge in [0.15, 0.2) is 17.2 Å². The van der Waals surface area contributed by atoms with Crippen molar-refractivity contribution < 1.29 is 24.9 Å². The maximum atomic E-state index is 11.8. The molecule has 22 heavy (non-hydrogen) atoms. The molecule has 0 aliphatic carbocycles. The van der Waals surface area contributed by atoms with E-state index in [1.54, 1.807) is 0 Å². The van der Waals surface area contributed by atoms with Crippen molar-refractivity contribution in [2.75, 3.05) is 6.61 Å². The molecule has 0 aliphatic rings. The Hall–Kier alpha value is -2.17. The minimum Gasteiger partial charge on any atom is -0.504 e. The van der Waals surface area contributed by atoms with E-state index in [2.05, 4.69) is 26.8 Å². The van der Waals surface area contributed by atoms with E-state index in [1.807, 2.05) is 0 Å². The molecule has 0 aromatic heterocycles. The highest BCUT2D eigenvalue weighted by atomic mass is 16.5. The first-order chi connectivity index (χ1) is 10.3. The van der Waals surface area contributed by atoms with E-state index in [1.165, 1.54) is 5.57 Å². The van der Waals surface area contributed by atoms with E-state index in [0.29, 0.717) is 5.92 Å². The van der Waals surface area contributed by atoms with E-state index in [-0.39, 0.29) is 12.2 Å². The van der Waals surface area contributed by atoms with Crippen LogP contribution in [-0.4, -0.2) is 27.9 Å². The summed E-state index contributed by atoms with van der Waals surface area (Å²) in [6.45, 7) is 6.51. The molecule has 122 valence electrons. The van der Waals surface area contributed by atoms with Gasteiger partial charge in [-0.15, -0.1) is 0 Å². The number of hydrogen-bond acceptors (Lipinski definition) is 5. The normalized spacial score (nSPS) is 11.8. The van der Waals surface area contributed by atoms with Gasteiger partial charge in [0.05, 0.1) is 12.2 Å². The summed E-state index contributed by atoms with van der Waals surface area (Å²) in [6.07, 6.45) is 4.98. The first kappa shape index (κ1) is 17.9. The van der Waals surface area contributed by atoms with Crippen LogP contribution in [0.2, 0.25) is 0 Å². The Bertz CT molecular complexity index is 521. The Labute approximate surface area is 130 Å². The summed E-state index contributed by atoms with van der Waals surface area (Å²) >= 11 is 0. The highest BCUT2D eigenvalue weighted by Gasteiger charge is 2.14. The lowest BCUT2D eigenvalue weighted by molar-refractivity contribution is 0.0483. The fourth-order valence-corrected chi connectivity index (χ4v) is 1.96. The molecule has 0 fully saturated rings. The molecular formula is C17H24O5. The third kappa shape index (κ3) is 5.68. The van der Waals surface area contributed by atoms with Crippen LogP contribution in [0.5, 0.6) is 17.2 Å². The van der Waals surface area contributed by atoms with Gasteiger partial charge in [0.2, 0.25) is 0 Å². The number of carbonyl (C=O) groups excluding carboxylic acids is 1. The molecule has 0 saturated heterocycles. The Kier molecular flexibility index (Phi) is 6.76. The fourth-order valence-electron chi connectivity index (χ4n) is 1.96. The molecule has 3 N–H and O–H groups in total. The molecule has 0 aliphatic heterocycles. The van der Waals surface area contributed by atoms with Crippen LogP contribution in [0.25, 0.3) is 0 Å². The average Bonchev–Trinajstić information content (AvgIpc) is 2.43. The number of benzene rings is 1. The molecule has 0 unspecified atom stereocenters. The summed E-state index contributed by atoms with van der Waals surface area (Å²) in [4.78, 5) is 11.8. The first-order valence-electron chi connectivity index (χ1n) is 7.36. The molecular weight excluding hydrogens is 284 g/mol. The third-order valence-electron chi connectivity index (χ3n) is 3.36. The smallest absolute Gasteiger partial charge is 0.338 e. The highest BCUT2D eigenvalue weighted by molar-refractivity contribution is 5.91. The fraction of sp³-hybridized carbons (Fsp3) is 0.471. The van der Waals surface area contributed by atoms with Crippen molar-refractivity contribution in [1.29, 1.82) is 0 Å². The monoisotopic (exact) mass is 308 g/mol. The van der Waals surface area contributed by atoms with Gasteiger partial charge < -0.3 is 20.1 Å². The standard InChI is InChI=1S/C17H24O5/c1-11(2)5-4-6-12(3)7-8-22-17(21)13-9-14(18)16(20)15(19)10-13/h5,9-10,12,18-20H,4,6-8H2,1-3H3/t12-/m1/s1. The zero-order valence-corrected chi connectivity index (χ0v) is 13.3. The van der Waals surface area contributed by atoms with Crippen molar-refractivity contribution in [3.63, 3.8) is 0 Å². The SMILES string of the molecule is CC(C)=CCC[C@@H](C)CCOC(=O)c1cc(O)c(O)c(O)c1. The lowest BCUT2D eigenvalue weighted by Crippen LogP contribution is -2.09. The number of esters is 1. The van der Waals surface area contributed by atoms with Crippen LogP contribution < -0.4 is 0 Å². The second kappa shape index (κ2) is 8.32. The largest absolute Gasteiger partial charge is 0.504 e. The number of aromatic hydroxyl groups is 3. The Morgan fingerprint density at radius 1 is 1.18 bits per heavy atom. The molecule has 0 spiro atoms.